The van der Waals surface area contributed by atoms with Crippen LogP contribution < -0.4 is 16.2 Å². The van der Waals surface area contributed by atoms with Gasteiger partial charge in [0.1, 0.15) is 17.5 Å². The lowest BCUT2D eigenvalue weighted by molar-refractivity contribution is 0.170. The van der Waals surface area contributed by atoms with Gasteiger partial charge < -0.3 is 19.8 Å². The normalized spacial score (nSPS) is 12.2. The van der Waals surface area contributed by atoms with Crippen molar-refractivity contribution in [3.05, 3.63) is 11.9 Å². The van der Waals surface area contributed by atoms with Gasteiger partial charge in [-0.3, -0.25) is 0 Å². The van der Waals surface area contributed by atoms with Crippen LogP contribution in [0.3, 0.4) is 0 Å². The maximum Gasteiger partial charge on any atom is 0.145 e. The van der Waals surface area contributed by atoms with E-state index in [-0.39, 0.29) is 6.04 Å². The second-order valence-corrected chi connectivity index (χ2v) is 4.91. The molecule has 0 aliphatic heterocycles. The van der Waals surface area contributed by atoms with Crippen molar-refractivity contribution in [2.24, 2.45) is 5.84 Å². The summed E-state index contributed by atoms with van der Waals surface area (Å²) in [7, 11) is 3.38. The number of nitrogen functional groups attached to an aromatic ring is 1. The zero-order valence-electron chi connectivity index (χ0n) is 13.4. The Labute approximate surface area is 126 Å². The second-order valence-electron chi connectivity index (χ2n) is 4.91. The van der Waals surface area contributed by atoms with E-state index in [4.69, 9.17) is 15.3 Å². The summed E-state index contributed by atoms with van der Waals surface area (Å²) >= 11 is 0. The third-order valence-corrected chi connectivity index (χ3v) is 3.15. The van der Waals surface area contributed by atoms with Gasteiger partial charge in [-0.25, -0.2) is 15.8 Å². The molecule has 0 saturated heterocycles. The molecule has 0 radical (unpaired) electrons. The summed E-state index contributed by atoms with van der Waals surface area (Å²) in [6.45, 7) is 6.15. The molecule has 0 amide bonds. The van der Waals surface area contributed by atoms with Crippen molar-refractivity contribution < 1.29 is 9.47 Å². The average Bonchev–Trinajstić information content (AvgIpc) is 2.48. The number of rotatable bonds is 10. The van der Waals surface area contributed by atoms with Gasteiger partial charge in [0.25, 0.3) is 0 Å². The third-order valence-electron chi connectivity index (χ3n) is 3.15. The average molecular weight is 297 g/mol. The van der Waals surface area contributed by atoms with Crippen LogP contribution in [-0.2, 0) is 15.9 Å². The molecule has 0 aliphatic rings. The quantitative estimate of drug-likeness (QED) is 0.496. The van der Waals surface area contributed by atoms with Crippen LogP contribution in [0, 0.1) is 0 Å². The van der Waals surface area contributed by atoms with E-state index in [1.165, 1.54) is 0 Å². The molecule has 21 heavy (non-hydrogen) atoms. The number of anilines is 2. The fraction of sp³-hybridized carbons (Fsp3) is 0.714. The minimum absolute atomic E-state index is 0.181. The predicted molar refractivity (Wildman–Crippen MR) is 84.4 cm³/mol. The Kier molecular flexibility index (Phi) is 7.96. The Balaban J connectivity index is 3.05. The number of nitrogens with one attached hydrogen (secondary N) is 1. The van der Waals surface area contributed by atoms with Crippen molar-refractivity contribution in [2.45, 2.75) is 32.7 Å². The van der Waals surface area contributed by atoms with Crippen molar-refractivity contribution in [1.82, 2.24) is 9.97 Å². The molecule has 0 saturated carbocycles. The Morgan fingerprint density at radius 1 is 1.33 bits per heavy atom. The number of nitrogens with two attached hydrogens (primary N) is 1. The number of nitrogens with zero attached hydrogens (tertiary/aromatic N) is 3. The smallest absolute Gasteiger partial charge is 0.145 e. The Morgan fingerprint density at radius 3 is 2.67 bits per heavy atom. The maximum absolute atomic E-state index is 5.51. The van der Waals surface area contributed by atoms with E-state index in [2.05, 4.69) is 34.1 Å². The van der Waals surface area contributed by atoms with Crippen LogP contribution in [0.5, 0.6) is 0 Å². The number of hydrogen-bond acceptors (Lipinski definition) is 7. The lowest BCUT2D eigenvalue weighted by Crippen LogP contribution is -2.39. The topological polar surface area (TPSA) is 85.5 Å². The number of aryl methyl sites for hydroxylation is 1. The van der Waals surface area contributed by atoms with Crippen LogP contribution in [0.15, 0.2) is 6.07 Å². The first-order valence-corrected chi connectivity index (χ1v) is 7.25. The Bertz CT molecular complexity index is 416. The second kappa shape index (κ2) is 9.49. The fourth-order valence-corrected chi connectivity index (χ4v) is 2.12. The zero-order chi connectivity index (χ0) is 15.7. The number of ether oxygens (including phenoxy) is 2. The summed E-state index contributed by atoms with van der Waals surface area (Å²) in [6, 6.07) is 2.03. The van der Waals surface area contributed by atoms with Gasteiger partial charge in [0.05, 0.1) is 19.3 Å². The van der Waals surface area contributed by atoms with Crippen molar-refractivity contribution in [3.8, 4) is 0 Å². The van der Waals surface area contributed by atoms with Gasteiger partial charge in [-0.15, -0.1) is 0 Å². The highest BCUT2D eigenvalue weighted by molar-refractivity contribution is 5.49. The van der Waals surface area contributed by atoms with Crippen molar-refractivity contribution in [3.63, 3.8) is 0 Å². The van der Waals surface area contributed by atoms with E-state index < -0.39 is 0 Å². The van der Waals surface area contributed by atoms with Crippen LogP contribution in [-0.4, -0.2) is 50.0 Å². The standard InChI is InChI=1S/C14H27N5O2/c1-5-6-12-16-13(18-15)9-14(17-12)19(7-8-20-3)11(2)10-21-4/h9,11H,5-8,10,15H2,1-4H3,(H,16,17,18). The van der Waals surface area contributed by atoms with Crippen molar-refractivity contribution in [2.75, 3.05) is 44.3 Å². The highest BCUT2D eigenvalue weighted by Crippen LogP contribution is 2.18. The Hall–Kier alpha value is -1.44. The molecule has 1 rings (SSSR count). The zero-order valence-corrected chi connectivity index (χ0v) is 13.4. The van der Waals surface area contributed by atoms with Gasteiger partial charge in [0.2, 0.25) is 0 Å². The largest absolute Gasteiger partial charge is 0.383 e. The molecule has 120 valence electrons. The molecule has 1 aromatic heterocycles. The van der Waals surface area contributed by atoms with Crippen molar-refractivity contribution in [1.29, 1.82) is 0 Å². The summed E-state index contributed by atoms with van der Waals surface area (Å²) < 4.78 is 10.4. The number of aromatic nitrogens is 2. The molecule has 1 heterocycles. The monoisotopic (exact) mass is 297 g/mol. The minimum Gasteiger partial charge on any atom is -0.383 e. The minimum atomic E-state index is 0.181. The van der Waals surface area contributed by atoms with Gasteiger partial charge in [0.15, 0.2) is 0 Å². The molecule has 0 bridgehead atoms. The highest BCUT2D eigenvalue weighted by atomic mass is 16.5. The molecular weight excluding hydrogens is 270 g/mol. The van der Waals surface area contributed by atoms with Crippen LogP contribution in [0.25, 0.3) is 0 Å². The lowest BCUT2D eigenvalue weighted by atomic mass is 10.2. The molecule has 0 aromatic carbocycles. The van der Waals surface area contributed by atoms with E-state index in [9.17, 15) is 0 Å². The molecule has 1 aromatic rings. The molecule has 7 heteroatoms. The number of hydrogen-bond donors (Lipinski definition) is 2. The van der Waals surface area contributed by atoms with Gasteiger partial charge >= 0.3 is 0 Å². The molecule has 0 aliphatic carbocycles. The number of methoxy groups -OCH3 is 2. The summed E-state index contributed by atoms with van der Waals surface area (Å²) in [4.78, 5) is 11.2. The van der Waals surface area contributed by atoms with Crippen LogP contribution in [0.2, 0.25) is 0 Å². The highest BCUT2D eigenvalue weighted by Gasteiger charge is 2.17. The summed E-state index contributed by atoms with van der Waals surface area (Å²) in [5.74, 6) is 7.75. The van der Waals surface area contributed by atoms with Crippen LogP contribution in [0.4, 0.5) is 11.6 Å². The molecule has 1 unspecified atom stereocenters. The molecule has 0 spiro atoms. The van der Waals surface area contributed by atoms with Gasteiger partial charge in [-0.2, -0.15) is 0 Å². The van der Waals surface area contributed by atoms with Gasteiger partial charge in [0, 0.05) is 33.3 Å². The maximum atomic E-state index is 5.51. The van der Waals surface area contributed by atoms with Crippen molar-refractivity contribution >= 4 is 11.6 Å². The summed E-state index contributed by atoms with van der Waals surface area (Å²) in [5.41, 5.74) is 2.61. The van der Waals surface area contributed by atoms with Crippen LogP contribution in [0.1, 0.15) is 26.1 Å². The predicted octanol–water partition coefficient (Wildman–Crippen LogP) is 1.20. The fourth-order valence-electron chi connectivity index (χ4n) is 2.12. The van der Waals surface area contributed by atoms with E-state index >= 15 is 0 Å². The first-order chi connectivity index (χ1) is 10.2. The lowest BCUT2D eigenvalue weighted by Gasteiger charge is -2.30. The van der Waals surface area contributed by atoms with E-state index in [1.807, 2.05) is 6.07 Å². The van der Waals surface area contributed by atoms with E-state index in [1.54, 1.807) is 14.2 Å². The Morgan fingerprint density at radius 2 is 2.10 bits per heavy atom. The van der Waals surface area contributed by atoms with Gasteiger partial charge in [-0.05, 0) is 13.3 Å². The summed E-state index contributed by atoms with van der Waals surface area (Å²) in [5, 5.41) is 0. The first-order valence-electron chi connectivity index (χ1n) is 7.25. The molecular formula is C14H27N5O2. The molecule has 7 nitrogen and oxygen atoms in total. The molecule has 0 fully saturated rings. The van der Waals surface area contributed by atoms with Crippen LogP contribution >= 0.6 is 0 Å². The SMILES string of the molecule is CCCc1nc(NN)cc(N(CCOC)C(C)COC)n1. The van der Waals surface area contributed by atoms with E-state index in [0.29, 0.717) is 19.0 Å². The molecule has 3 N–H and O–H groups in total. The first kappa shape index (κ1) is 17.6. The number of hydrazine groups is 1. The van der Waals surface area contributed by atoms with Gasteiger partial charge in [-0.1, -0.05) is 6.92 Å². The molecule has 1 atom stereocenters. The third kappa shape index (κ3) is 5.45. The summed E-state index contributed by atoms with van der Waals surface area (Å²) in [6.07, 6.45) is 1.80. The van der Waals surface area contributed by atoms with E-state index in [0.717, 1.165) is 31.0 Å².